The molecule has 0 unspecified atom stereocenters. The lowest BCUT2D eigenvalue weighted by atomic mass is 10.4. The second-order valence-corrected chi connectivity index (χ2v) is 3.27. The van der Waals surface area contributed by atoms with Crippen LogP contribution in [0.5, 0.6) is 5.88 Å². The van der Waals surface area contributed by atoms with Crippen molar-refractivity contribution in [2.24, 2.45) is 0 Å². The Balaban J connectivity index is 2.32. The monoisotopic (exact) mass is 234 g/mol. The topological polar surface area (TPSA) is 89.9 Å². The van der Waals surface area contributed by atoms with Crippen molar-refractivity contribution in [1.82, 2.24) is 19.7 Å². The maximum Gasteiger partial charge on any atom is 0.328 e. The minimum absolute atomic E-state index is 0.0754. The molecule has 0 saturated carbocycles. The number of hydrogen-bond acceptors (Lipinski definition) is 5. The Labute approximate surface area is 95.7 Å². The molecule has 0 fully saturated rings. The molecule has 1 N–H and O–H groups in total. The van der Waals surface area contributed by atoms with Crippen LogP contribution in [0.4, 0.5) is 0 Å². The van der Waals surface area contributed by atoms with E-state index in [0.29, 0.717) is 11.6 Å². The SMILES string of the molecule is COc1ccc(Cn2c(=O)cc[nH]c2=O)nn1. The van der Waals surface area contributed by atoms with Crippen molar-refractivity contribution in [1.29, 1.82) is 0 Å². The molecule has 88 valence electrons. The van der Waals surface area contributed by atoms with Gasteiger partial charge in [0, 0.05) is 18.3 Å². The molecule has 0 saturated heterocycles. The van der Waals surface area contributed by atoms with E-state index in [1.54, 1.807) is 12.1 Å². The van der Waals surface area contributed by atoms with Crippen LogP contribution in [-0.4, -0.2) is 26.9 Å². The third kappa shape index (κ3) is 2.39. The van der Waals surface area contributed by atoms with E-state index in [0.717, 1.165) is 4.57 Å². The van der Waals surface area contributed by atoms with E-state index in [2.05, 4.69) is 15.2 Å². The highest BCUT2D eigenvalue weighted by Gasteiger charge is 2.03. The number of ether oxygens (including phenoxy) is 1. The van der Waals surface area contributed by atoms with Gasteiger partial charge in [0.25, 0.3) is 5.56 Å². The lowest BCUT2D eigenvalue weighted by Gasteiger charge is -2.03. The fourth-order valence-corrected chi connectivity index (χ4v) is 1.30. The Morgan fingerprint density at radius 2 is 2.12 bits per heavy atom. The van der Waals surface area contributed by atoms with Gasteiger partial charge in [0.15, 0.2) is 0 Å². The highest BCUT2D eigenvalue weighted by molar-refractivity contribution is 5.11. The van der Waals surface area contributed by atoms with Crippen LogP contribution in [0.3, 0.4) is 0 Å². The van der Waals surface area contributed by atoms with Crippen molar-refractivity contribution in [2.45, 2.75) is 6.54 Å². The quantitative estimate of drug-likeness (QED) is 0.764. The first-order valence-corrected chi connectivity index (χ1v) is 4.86. The zero-order valence-corrected chi connectivity index (χ0v) is 9.08. The molecule has 0 aliphatic carbocycles. The Kier molecular flexibility index (Phi) is 2.99. The van der Waals surface area contributed by atoms with Crippen molar-refractivity contribution in [3.05, 3.63) is 50.9 Å². The molecule has 0 aromatic carbocycles. The predicted molar refractivity (Wildman–Crippen MR) is 59.0 cm³/mol. The van der Waals surface area contributed by atoms with Crippen LogP contribution in [-0.2, 0) is 6.54 Å². The molecular weight excluding hydrogens is 224 g/mol. The van der Waals surface area contributed by atoms with Gasteiger partial charge in [0.05, 0.1) is 19.3 Å². The van der Waals surface area contributed by atoms with Crippen LogP contribution < -0.4 is 16.0 Å². The lowest BCUT2D eigenvalue weighted by molar-refractivity contribution is 0.390. The Morgan fingerprint density at radius 1 is 1.29 bits per heavy atom. The van der Waals surface area contributed by atoms with E-state index >= 15 is 0 Å². The molecule has 0 bridgehead atoms. The number of nitrogens with zero attached hydrogens (tertiary/aromatic N) is 3. The highest BCUT2D eigenvalue weighted by atomic mass is 16.5. The van der Waals surface area contributed by atoms with E-state index in [4.69, 9.17) is 4.74 Å². The van der Waals surface area contributed by atoms with Crippen molar-refractivity contribution in [3.8, 4) is 5.88 Å². The molecule has 2 aromatic heterocycles. The number of hydrogen-bond donors (Lipinski definition) is 1. The number of rotatable bonds is 3. The summed E-state index contributed by atoms with van der Waals surface area (Å²) in [7, 11) is 1.48. The van der Waals surface area contributed by atoms with Crippen LogP contribution in [0.1, 0.15) is 5.69 Å². The van der Waals surface area contributed by atoms with Crippen molar-refractivity contribution in [3.63, 3.8) is 0 Å². The van der Waals surface area contributed by atoms with E-state index < -0.39 is 5.69 Å². The summed E-state index contributed by atoms with van der Waals surface area (Å²) in [6.45, 7) is 0.0754. The van der Waals surface area contributed by atoms with Gasteiger partial charge in [0.1, 0.15) is 0 Å². The maximum atomic E-state index is 11.4. The number of aromatic amines is 1. The molecule has 0 atom stereocenters. The summed E-state index contributed by atoms with van der Waals surface area (Å²) >= 11 is 0. The highest BCUT2D eigenvalue weighted by Crippen LogP contribution is 2.03. The first-order chi connectivity index (χ1) is 8.20. The van der Waals surface area contributed by atoms with Gasteiger partial charge < -0.3 is 9.72 Å². The van der Waals surface area contributed by atoms with Crippen LogP contribution in [0.25, 0.3) is 0 Å². The molecule has 0 radical (unpaired) electrons. The van der Waals surface area contributed by atoms with Gasteiger partial charge in [0.2, 0.25) is 5.88 Å². The molecule has 2 aromatic rings. The minimum Gasteiger partial charge on any atom is -0.480 e. The number of methoxy groups -OCH3 is 1. The molecule has 0 amide bonds. The molecule has 7 nitrogen and oxygen atoms in total. The Bertz CT molecular complexity index is 586. The van der Waals surface area contributed by atoms with Gasteiger partial charge in [-0.05, 0) is 6.07 Å². The van der Waals surface area contributed by atoms with Crippen LogP contribution in [0, 0.1) is 0 Å². The summed E-state index contributed by atoms with van der Waals surface area (Å²) in [6.07, 6.45) is 1.31. The number of H-pyrrole nitrogens is 1. The second kappa shape index (κ2) is 4.60. The van der Waals surface area contributed by atoms with Crippen molar-refractivity contribution in [2.75, 3.05) is 7.11 Å². The van der Waals surface area contributed by atoms with Crippen molar-refractivity contribution >= 4 is 0 Å². The maximum absolute atomic E-state index is 11.4. The van der Waals surface area contributed by atoms with Crippen LogP contribution in [0.2, 0.25) is 0 Å². The van der Waals surface area contributed by atoms with Crippen molar-refractivity contribution < 1.29 is 4.74 Å². The fourth-order valence-electron chi connectivity index (χ4n) is 1.30. The van der Waals surface area contributed by atoms with E-state index in [1.165, 1.54) is 19.4 Å². The van der Waals surface area contributed by atoms with E-state index in [9.17, 15) is 9.59 Å². The average molecular weight is 234 g/mol. The smallest absolute Gasteiger partial charge is 0.328 e. The second-order valence-electron chi connectivity index (χ2n) is 3.27. The summed E-state index contributed by atoms with van der Waals surface area (Å²) in [5, 5.41) is 7.59. The van der Waals surface area contributed by atoms with Gasteiger partial charge in [-0.3, -0.25) is 9.36 Å². The summed E-state index contributed by atoms with van der Waals surface area (Å²) < 4.78 is 5.89. The average Bonchev–Trinajstić information content (AvgIpc) is 2.35. The minimum atomic E-state index is -0.477. The summed E-state index contributed by atoms with van der Waals surface area (Å²) in [4.78, 5) is 25.3. The van der Waals surface area contributed by atoms with Gasteiger partial charge in [-0.1, -0.05) is 0 Å². The van der Waals surface area contributed by atoms with Crippen LogP contribution in [0.15, 0.2) is 34.0 Å². The summed E-state index contributed by atoms with van der Waals surface area (Å²) in [5.74, 6) is 0.378. The fraction of sp³-hybridized carbons (Fsp3) is 0.200. The molecule has 7 heteroatoms. The summed E-state index contributed by atoms with van der Waals surface area (Å²) in [6, 6.07) is 4.54. The lowest BCUT2D eigenvalue weighted by Crippen LogP contribution is -2.34. The molecular formula is C10H10N4O3. The summed E-state index contributed by atoms with van der Waals surface area (Å²) in [5.41, 5.74) is -0.355. The normalized spacial score (nSPS) is 10.2. The molecule has 17 heavy (non-hydrogen) atoms. The third-order valence-corrected chi connectivity index (χ3v) is 2.17. The van der Waals surface area contributed by atoms with Gasteiger partial charge in [-0.25, -0.2) is 4.79 Å². The standard InChI is InChI=1S/C10H10N4O3/c1-17-8-3-2-7(12-13-8)6-14-9(15)4-5-11-10(14)16/h2-5H,6H2,1H3,(H,11,16). The Hall–Kier alpha value is -2.44. The number of nitrogens with one attached hydrogen (secondary N) is 1. The van der Waals surface area contributed by atoms with Gasteiger partial charge in [-0.15, -0.1) is 10.2 Å². The first-order valence-electron chi connectivity index (χ1n) is 4.86. The van der Waals surface area contributed by atoms with Gasteiger partial charge in [-0.2, -0.15) is 0 Å². The van der Waals surface area contributed by atoms with Crippen LogP contribution >= 0.6 is 0 Å². The first kappa shape index (κ1) is 11.1. The molecule has 0 spiro atoms. The molecule has 2 heterocycles. The molecule has 0 aliphatic rings. The predicted octanol–water partition coefficient (Wildman–Crippen LogP) is -0.617. The molecule has 0 aliphatic heterocycles. The zero-order chi connectivity index (χ0) is 12.3. The van der Waals surface area contributed by atoms with E-state index in [1.807, 2.05) is 0 Å². The van der Waals surface area contributed by atoms with Gasteiger partial charge >= 0.3 is 5.69 Å². The molecule has 2 rings (SSSR count). The Morgan fingerprint density at radius 3 is 2.71 bits per heavy atom. The number of aromatic nitrogens is 4. The van der Waals surface area contributed by atoms with E-state index in [-0.39, 0.29) is 12.1 Å². The largest absolute Gasteiger partial charge is 0.480 e. The zero-order valence-electron chi connectivity index (χ0n) is 9.08. The third-order valence-electron chi connectivity index (χ3n) is 2.17.